The van der Waals surface area contributed by atoms with Crippen LogP contribution in [0.5, 0.6) is 0 Å². The second-order valence-corrected chi connectivity index (χ2v) is 7.71. The fourth-order valence-electron chi connectivity index (χ4n) is 2.23. The molecule has 0 fully saturated rings. The van der Waals surface area contributed by atoms with E-state index in [0.717, 1.165) is 41.6 Å². The van der Waals surface area contributed by atoms with Crippen LogP contribution in [0.2, 0.25) is 0 Å². The first kappa shape index (κ1) is 21.3. The van der Waals surface area contributed by atoms with Gasteiger partial charge in [-0.2, -0.15) is 13.2 Å². The van der Waals surface area contributed by atoms with Gasteiger partial charge >= 0.3 is 6.18 Å². The Balaban J connectivity index is 2.96. The molecule has 0 heterocycles. The lowest BCUT2D eigenvalue weighted by Gasteiger charge is -2.24. The van der Waals surface area contributed by atoms with Gasteiger partial charge in [0.2, 0.25) is 15.9 Å². The van der Waals surface area contributed by atoms with Crippen molar-refractivity contribution in [2.45, 2.75) is 32.4 Å². The van der Waals surface area contributed by atoms with Crippen LogP contribution in [-0.2, 0) is 21.0 Å². The summed E-state index contributed by atoms with van der Waals surface area (Å²) in [6.07, 6.45) is -2.04. The minimum Gasteiger partial charge on any atom is -0.346 e. The number of carbonyl (C=O) groups excluding carboxylic acids is 1. The van der Waals surface area contributed by atoms with Gasteiger partial charge in [-0.15, -0.1) is 0 Å². The Morgan fingerprint density at radius 3 is 2.36 bits per heavy atom. The van der Waals surface area contributed by atoms with E-state index in [-0.39, 0.29) is 24.6 Å². The standard InChI is InChI=1S/C16H23F3N2O3S/c1-4-5-10-20(2)15(22)9-11-21(25(3,23)24)14-8-6-7-13(12-14)16(17,18)19/h6-8,12H,4-5,9-11H2,1-3H3. The maximum absolute atomic E-state index is 12.8. The van der Waals surface area contributed by atoms with Crippen molar-refractivity contribution in [1.29, 1.82) is 0 Å². The summed E-state index contributed by atoms with van der Waals surface area (Å²) in [5, 5.41) is 0. The van der Waals surface area contributed by atoms with Crippen LogP contribution in [0.1, 0.15) is 31.7 Å². The van der Waals surface area contributed by atoms with Crippen LogP contribution < -0.4 is 4.31 Å². The van der Waals surface area contributed by atoms with Crippen molar-refractivity contribution in [3.05, 3.63) is 29.8 Å². The van der Waals surface area contributed by atoms with E-state index in [2.05, 4.69) is 0 Å². The lowest BCUT2D eigenvalue weighted by Crippen LogP contribution is -2.35. The van der Waals surface area contributed by atoms with Gasteiger partial charge in [0.25, 0.3) is 0 Å². The predicted octanol–water partition coefficient (Wildman–Crippen LogP) is 3.12. The third-order valence-electron chi connectivity index (χ3n) is 3.66. The molecular weight excluding hydrogens is 357 g/mol. The Hall–Kier alpha value is -1.77. The van der Waals surface area contributed by atoms with E-state index in [4.69, 9.17) is 0 Å². The summed E-state index contributed by atoms with van der Waals surface area (Å²) in [6, 6.07) is 4.06. The second kappa shape index (κ2) is 8.55. The molecule has 0 aliphatic rings. The fraction of sp³-hybridized carbons (Fsp3) is 0.562. The first-order valence-corrected chi connectivity index (χ1v) is 9.70. The lowest BCUT2D eigenvalue weighted by atomic mass is 10.2. The van der Waals surface area contributed by atoms with Crippen molar-refractivity contribution in [1.82, 2.24) is 4.90 Å². The van der Waals surface area contributed by atoms with Crippen molar-refractivity contribution in [2.24, 2.45) is 0 Å². The molecule has 0 saturated heterocycles. The summed E-state index contributed by atoms with van der Waals surface area (Å²) in [6.45, 7) is 2.32. The summed E-state index contributed by atoms with van der Waals surface area (Å²) >= 11 is 0. The number of alkyl halides is 3. The Morgan fingerprint density at radius 2 is 1.84 bits per heavy atom. The van der Waals surface area contributed by atoms with Crippen molar-refractivity contribution in [3.63, 3.8) is 0 Å². The molecule has 0 radical (unpaired) electrons. The average molecular weight is 380 g/mol. The third kappa shape index (κ3) is 6.56. The highest BCUT2D eigenvalue weighted by Crippen LogP contribution is 2.32. The summed E-state index contributed by atoms with van der Waals surface area (Å²) in [7, 11) is -2.21. The number of unbranched alkanes of at least 4 members (excludes halogenated alkanes) is 1. The minimum absolute atomic E-state index is 0.108. The van der Waals surface area contributed by atoms with E-state index in [1.165, 1.54) is 11.0 Å². The van der Waals surface area contributed by atoms with Crippen LogP contribution >= 0.6 is 0 Å². The van der Waals surface area contributed by atoms with Crippen molar-refractivity contribution in [3.8, 4) is 0 Å². The highest BCUT2D eigenvalue weighted by molar-refractivity contribution is 7.92. The molecule has 0 aromatic heterocycles. The Bertz CT molecular complexity index is 690. The molecule has 0 saturated carbocycles. The van der Waals surface area contributed by atoms with Gasteiger partial charge in [-0.3, -0.25) is 9.10 Å². The third-order valence-corrected chi connectivity index (χ3v) is 4.86. The molecule has 0 unspecified atom stereocenters. The highest BCUT2D eigenvalue weighted by Gasteiger charge is 2.31. The summed E-state index contributed by atoms with van der Waals surface area (Å²) in [4.78, 5) is 13.6. The van der Waals surface area contributed by atoms with Crippen LogP contribution in [-0.4, -0.2) is 45.6 Å². The molecule has 1 rings (SSSR count). The molecule has 0 aliphatic heterocycles. The number of hydrogen-bond acceptors (Lipinski definition) is 3. The van der Waals surface area contributed by atoms with Crippen molar-refractivity contribution < 1.29 is 26.4 Å². The molecular formula is C16H23F3N2O3S. The molecule has 0 bridgehead atoms. The number of nitrogens with zero attached hydrogens (tertiary/aromatic N) is 2. The number of carbonyl (C=O) groups is 1. The molecule has 0 N–H and O–H groups in total. The molecule has 0 aliphatic carbocycles. The topological polar surface area (TPSA) is 57.7 Å². The molecule has 142 valence electrons. The summed E-state index contributed by atoms with van der Waals surface area (Å²) in [5.41, 5.74) is -1.05. The van der Waals surface area contributed by atoms with Crippen LogP contribution in [0.15, 0.2) is 24.3 Å². The highest BCUT2D eigenvalue weighted by atomic mass is 32.2. The molecule has 0 spiro atoms. The first-order valence-electron chi connectivity index (χ1n) is 7.85. The maximum Gasteiger partial charge on any atom is 0.416 e. The van der Waals surface area contributed by atoms with Gasteiger partial charge in [-0.1, -0.05) is 19.4 Å². The van der Waals surface area contributed by atoms with E-state index in [0.29, 0.717) is 6.54 Å². The SMILES string of the molecule is CCCCN(C)C(=O)CCN(c1cccc(C(F)(F)F)c1)S(C)(=O)=O. The monoisotopic (exact) mass is 380 g/mol. The van der Waals surface area contributed by atoms with E-state index >= 15 is 0 Å². The molecule has 0 atom stereocenters. The number of anilines is 1. The number of amides is 1. The smallest absolute Gasteiger partial charge is 0.346 e. The molecule has 1 aromatic carbocycles. The minimum atomic E-state index is -4.57. The van der Waals surface area contributed by atoms with Crippen LogP contribution in [0.3, 0.4) is 0 Å². The first-order chi connectivity index (χ1) is 11.5. The predicted molar refractivity (Wildman–Crippen MR) is 90.8 cm³/mol. The Kier molecular flexibility index (Phi) is 7.28. The lowest BCUT2D eigenvalue weighted by molar-refractivity contribution is -0.137. The Labute approximate surface area is 146 Å². The average Bonchev–Trinajstić information content (AvgIpc) is 2.50. The van der Waals surface area contributed by atoms with Gasteiger partial charge in [-0.25, -0.2) is 8.42 Å². The maximum atomic E-state index is 12.8. The summed E-state index contributed by atoms with van der Waals surface area (Å²) in [5.74, 6) is -0.255. The zero-order valence-electron chi connectivity index (χ0n) is 14.5. The van der Waals surface area contributed by atoms with E-state index in [1.54, 1.807) is 7.05 Å². The zero-order chi connectivity index (χ0) is 19.3. The van der Waals surface area contributed by atoms with Crippen molar-refractivity contribution >= 4 is 21.6 Å². The molecule has 5 nitrogen and oxygen atoms in total. The van der Waals surface area contributed by atoms with Crippen molar-refractivity contribution in [2.75, 3.05) is 30.7 Å². The van der Waals surface area contributed by atoms with Crippen LogP contribution in [0.4, 0.5) is 18.9 Å². The zero-order valence-corrected chi connectivity index (χ0v) is 15.3. The molecule has 1 amide bonds. The van der Waals surface area contributed by atoms with E-state index in [9.17, 15) is 26.4 Å². The molecule has 1 aromatic rings. The van der Waals surface area contributed by atoms with Gasteiger partial charge in [0.1, 0.15) is 0 Å². The van der Waals surface area contributed by atoms with Crippen LogP contribution in [0, 0.1) is 0 Å². The van der Waals surface area contributed by atoms with Gasteiger partial charge in [0.05, 0.1) is 17.5 Å². The van der Waals surface area contributed by atoms with Gasteiger partial charge in [-0.05, 0) is 24.6 Å². The molecule has 9 heteroatoms. The van der Waals surface area contributed by atoms with Gasteiger partial charge in [0.15, 0.2) is 0 Å². The number of rotatable bonds is 8. The number of sulfonamides is 1. The Morgan fingerprint density at radius 1 is 1.20 bits per heavy atom. The number of halogens is 3. The van der Waals surface area contributed by atoms with Gasteiger partial charge < -0.3 is 4.90 Å². The second-order valence-electron chi connectivity index (χ2n) is 5.80. The number of hydrogen-bond donors (Lipinski definition) is 0. The van der Waals surface area contributed by atoms with E-state index in [1.807, 2.05) is 6.92 Å². The number of benzene rings is 1. The largest absolute Gasteiger partial charge is 0.416 e. The normalized spacial score (nSPS) is 12.1. The fourth-order valence-corrected chi connectivity index (χ4v) is 3.15. The van der Waals surface area contributed by atoms with Crippen LogP contribution in [0.25, 0.3) is 0 Å². The molecule has 25 heavy (non-hydrogen) atoms. The van der Waals surface area contributed by atoms with E-state index < -0.39 is 21.8 Å². The summed E-state index contributed by atoms with van der Waals surface area (Å²) < 4.78 is 63.3. The quantitative estimate of drug-likeness (QED) is 0.696. The van der Waals surface area contributed by atoms with Gasteiger partial charge in [0, 0.05) is 26.6 Å².